The molecule has 4 nitrogen and oxygen atoms in total. The molecule has 0 saturated heterocycles. The third kappa shape index (κ3) is 4.38. The molecule has 15 rings (SSSR count). The summed E-state index contributed by atoms with van der Waals surface area (Å²) >= 11 is 0. The van der Waals surface area contributed by atoms with Crippen LogP contribution in [0.1, 0.15) is 0 Å². The van der Waals surface area contributed by atoms with Gasteiger partial charge in [-0.15, -0.1) is 0 Å². The number of hydrogen-bond acceptors (Lipinski definition) is 2. The average molecular weight is 827 g/mol. The Morgan fingerprint density at radius 3 is 0.938 bits per heavy atom. The number of aryl methyl sites for hydroxylation is 2. The first-order valence-corrected chi connectivity index (χ1v) is 22.7. The van der Waals surface area contributed by atoms with E-state index in [9.17, 15) is 0 Å². The first kappa shape index (κ1) is 35.2. The zero-order chi connectivity index (χ0) is 42.7. The number of benzene rings is 11. The standard InChI is InChI=1S/C60H39BN4/c1-62-48-30-13-11-26-46(48)57-59(62)61-56-52(64(57)50-32-15-28-44-40-20-5-3-18-36(40)38-22-7-9-24-42(38)54(44)50)34-17-35-53(56)65(58-47-27-12-14-31-49(47)63(2)60(58)61)51-33-16-29-45-41-21-6-4-19-37(41)39-23-8-10-25-43(39)55(45)51/h3-35H,1-2H3. The van der Waals surface area contributed by atoms with Crippen molar-refractivity contribution in [2.75, 3.05) is 9.80 Å². The number of nitrogens with zero attached hydrogens (tertiary/aromatic N) is 4. The first-order chi connectivity index (χ1) is 32.2. The summed E-state index contributed by atoms with van der Waals surface area (Å²) in [4.78, 5) is 5.27. The van der Waals surface area contributed by atoms with E-state index in [2.05, 4.69) is 233 Å². The third-order valence-electron chi connectivity index (χ3n) is 15.0. The van der Waals surface area contributed by atoms with E-state index < -0.39 is 0 Å². The van der Waals surface area contributed by atoms with Gasteiger partial charge in [-0.3, -0.25) is 0 Å². The van der Waals surface area contributed by atoms with Crippen LogP contribution < -0.4 is 26.4 Å². The number of hydrogen-bond donors (Lipinski definition) is 0. The molecule has 11 aromatic carbocycles. The molecule has 0 atom stereocenters. The van der Waals surface area contributed by atoms with Gasteiger partial charge >= 0.3 is 0 Å². The molecule has 0 fully saturated rings. The van der Waals surface area contributed by atoms with Crippen LogP contribution in [0.15, 0.2) is 200 Å². The van der Waals surface area contributed by atoms with E-state index in [0.717, 1.165) is 0 Å². The van der Waals surface area contributed by atoms with E-state index >= 15 is 0 Å². The molecule has 0 N–H and O–H groups in total. The summed E-state index contributed by atoms with van der Waals surface area (Å²) < 4.78 is 4.99. The number of fused-ring (bicyclic) bond motifs is 20. The van der Waals surface area contributed by atoms with Crippen LogP contribution in [-0.4, -0.2) is 15.8 Å². The molecular formula is C60H39BN4. The molecule has 4 heterocycles. The van der Waals surface area contributed by atoms with E-state index in [1.807, 2.05) is 0 Å². The Hall–Kier alpha value is -8.28. The van der Waals surface area contributed by atoms with Crippen LogP contribution in [0, 0.1) is 0 Å². The zero-order valence-electron chi connectivity index (χ0n) is 35.9. The lowest BCUT2D eigenvalue weighted by atomic mass is 9.36. The van der Waals surface area contributed by atoms with Gasteiger partial charge in [0.05, 0.1) is 22.7 Å². The highest BCUT2D eigenvalue weighted by molar-refractivity contribution is 7.00. The molecule has 0 aliphatic carbocycles. The Morgan fingerprint density at radius 1 is 0.277 bits per heavy atom. The average Bonchev–Trinajstić information content (AvgIpc) is 3.83. The molecule has 0 amide bonds. The molecule has 0 saturated carbocycles. The minimum atomic E-state index is -0.0615. The molecule has 5 heteroatoms. The van der Waals surface area contributed by atoms with Gasteiger partial charge in [-0.2, -0.15) is 0 Å². The molecule has 13 aromatic rings. The minimum absolute atomic E-state index is 0.0615. The minimum Gasteiger partial charge on any atom is -0.353 e. The number of rotatable bonds is 2. The number of aromatic nitrogens is 2. The Kier molecular flexibility index (Phi) is 6.87. The smallest absolute Gasteiger partial charge is 0.292 e. The lowest BCUT2D eigenvalue weighted by Crippen LogP contribution is -2.64. The Labute approximate surface area is 375 Å². The largest absolute Gasteiger partial charge is 0.353 e. The molecule has 0 radical (unpaired) electrons. The van der Waals surface area contributed by atoms with Gasteiger partial charge in [-0.05, 0) is 95.7 Å². The van der Waals surface area contributed by atoms with Crippen LogP contribution in [-0.2, 0) is 14.1 Å². The third-order valence-corrected chi connectivity index (χ3v) is 15.0. The van der Waals surface area contributed by atoms with Crippen molar-refractivity contribution < 1.29 is 0 Å². The highest BCUT2D eigenvalue weighted by Gasteiger charge is 2.48. The fourth-order valence-electron chi connectivity index (χ4n) is 12.5. The molecular weight excluding hydrogens is 787 g/mol. The predicted molar refractivity (Wildman–Crippen MR) is 278 cm³/mol. The topological polar surface area (TPSA) is 16.3 Å². The van der Waals surface area contributed by atoms with E-state index in [1.54, 1.807) is 0 Å². The summed E-state index contributed by atoms with van der Waals surface area (Å²) in [7, 11) is 4.57. The second-order valence-electron chi connectivity index (χ2n) is 18.0. The zero-order valence-corrected chi connectivity index (χ0v) is 35.9. The Balaban J connectivity index is 1.13. The van der Waals surface area contributed by atoms with Gasteiger partial charge in [0.25, 0.3) is 6.71 Å². The summed E-state index contributed by atoms with van der Waals surface area (Å²) in [5.74, 6) is 0. The van der Waals surface area contributed by atoms with Crippen molar-refractivity contribution in [3.05, 3.63) is 200 Å². The van der Waals surface area contributed by atoms with Crippen LogP contribution in [0.2, 0.25) is 0 Å². The van der Waals surface area contributed by atoms with Gasteiger partial charge < -0.3 is 18.9 Å². The highest BCUT2D eigenvalue weighted by Crippen LogP contribution is 2.52. The normalized spacial score (nSPS) is 13.3. The summed E-state index contributed by atoms with van der Waals surface area (Å²) in [6, 6.07) is 74.9. The summed E-state index contributed by atoms with van der Waals surface area (Å²) in [6.45, 7) is -0.0615. The first-order valence-electron chi connectivity index (χ1n) is 22.7. The molecule has 2 aliphatic heterocycles. The maximum absolute atomic E-state index is 2.63. The highest BCUT2D eigenvalue weighted by atomic mass is 15.2. The molecule has 65 heavy (non-hydrogen) atoms. The molecule has 302 valence electrons. The number of anilines is 6. The molecule has 2 aliphatic rings. The van der Waals surface area contributed by atoms with Gasteiger partial charge in [0.15, 0.2) is 0 Å². The van der Waals surface area contributed by atoms with Crippen LogP contribution >= 0.6 is 0 Å². The lowest BCUT2D eigenvalue weighted by Gasteiger charge is -2.43. The van der Waals surface area contributed by atoms with Crippen LogP contribution in [0.5, 0.6) is 0 Å². The molecule has 0 bridgehead atoms. The molecule has 2 aromatic heterocycles. The molecule has 0 unspecified atom stereocenters. The van der Waals surface area contributed by atoms with Crippen molar-refractivity contribution in [1.29, 1.82) is 0 Å². The fraction of sp³-hybridized carbons (Fsp3) is 0.0333. The SMILES string of the molecule is Cn1c2c(c3ccccc31)N(c1cccc3c4ccccc4c4ccccc4c13)c1cccc3c1B2c1c(c2ccccc2n1C)N3c1cccc2c3ccccc3c3ccccc3c12. The second kappa shape index (κ2) is 12.7. The lowest BCUT2D eigenvalue weighted by molar-refractivity contribution is 0.982. The van der Waals surface area contributed by atoms with Gasteiger partial charge in [-0.25, -0.2) is 0 Å². The Bertz CT molecular complexity index is 3890. The summed E-state index contributed by atoms with van der Waals surface area (Å²) in [5.41, 5.74) is 13.6. The van der Waals surface area contributed by atoms with E-state index in [-0.39, 0.29) is 6.71 Å². The van der Waals surface area contributed by atoms with Crippen LogP contribution in [0.3, 0.4) is 0 Å². The maximum Gasteiger partial charge on any atom is 0.292 e. The van der Waals surface area contributed by atoms with Crippen LogP contribution in [0.4, 0.5) is 34.1 Å². The van der Waals surface area contributed by atoms with Gasteiger partial charge in [0, 0.05) is 69.2 Å². The van der Waals surface area contributed by atoms with Gasteiger partial charge in [0.2, 0.25) is 0 Å². The number of para-hydroxylation sites is 2. The van der Waals surface area contributed by atoms with Crippen molar-refractivity contribution in [3.8, 4) is 0 Å². The summed E-state index contributed by atoms with van der Waals surface area (Å²) in [6.07, 6.45) is 0. The maximum atomic E-state index is 2.63. The predicted octanol–water partition coefficient (Wildman–Crippen LogP) is 13.7. The summed E-state index contributed by atoms with van der Waals surface area (Å²) in [5, 5.41) is 17.7. The monoisotopic (exact) mass is 826 g/mol. The van der Waals surface area contributed by atoms with Crippen molar-refractivity contribution in [3.63, 3.8) is 0 Å². The van der Waals surface area contributed by atoms with E-state index in [1.165, 1.54) is 137 Å². The van der Waals surface area contributed by atoms with E-state index in [4.69, 9.17) is 0 Å². The van der Waals surface area contributed by atoms with Crippen molar-refractivity contribution in [2.45, 2.75) is 0 Å². The quantitative estimate of drug-likeness (QED) is 0.128. The van der Waals surface area contributed by atoms with E-state index in [0.29, 0.717) is 0 Å². The second-order valence-corrected chi connectivity index (χ2v) is 18.0. The van der Waals surface area contributed by atoms with Crippen LogP contribution in [0.25, 0.3) is 86.4 Å². The van der Waals surface area contributed by atoms with Gasteiger partial charge in [0.1, 0.15) is 0 Å². The van der Waals surface area contributed by atoms with Crippen molar-refractivity contribution in [2.24, 2.45) is 14.1 Å². The molecule has 0 spiro atoms. The Morgan fingerprint density at radius 2 is 0.554 bits per heavy atom. The van der Waals surface area contributed by atoms with Gasteiger partial charge in [-0.1, -0.05) is 164 Å². The fourth-order valence-corrected chi connectivity index (χ4v) is 12.5. The van der Waals surface area contributed by atoms with Crippen molar-refractivity contribution in [1.82, 2.24) is 9.13 Å². The van der Waals surface area contributed by atoms with Crippen molar-refractivity contribution >= 4 is 144 Å².